The van der Waals surface area contributed by atoms with E-state index in [1.165, 1.54) is 16.8 Å². The SMILES string of the molecule is CCCOc1ccc2c(c1)C1C=CCC1C(c1ccc(Br)cc1)N2. The van der Waals surface area contributed by atoms with Crippen LogP contribution in [0, 0.1) is 5.92 Å². The molecule has 24 heavy (non-hydrogen) atoms. The molecule has 4 rings (SSSR count). The van der Waals surface area contributed by atoms with Crippen LogP contribution in [-0.4, -0.2) is 6.61 Å². The Morgan fingerprint density at radius 2 is 2.00 bits per heavy atom. The van der Waals surface area contributed by atoms with Crippen molar-refractivity contribution < 1.29 is 4.74 Å². The number of anilines is 1. The molecule has 0 saturated heterocycles. The first-order chi connectivity index (χ1) is 11.8. The number of benzene rings is 2. The van der Waals surface area contributed by atoms with Crippen molar-refractivity contribution in [1.29, 1.82) is 0 Å². The van der Waals surface area contributed by atoms with E-state index in [1.807, 2.05) is 0 Å². The lowest BCUT2D eigenvalue weighted by Gasteiger charge is -2.37. The highest BCUT2D eigenvalue weighted by Crippen LogP contribution is 2.50. The zero-order valence-electron chi connectivity index (χ0n) is 13.8. The number of hydrogen-bond donors (Lipinski definition) is 1. The van der Waals surface area contributed by atoms with E-state index >= 15 is 0 Å². The fourth-order valence-corrected chi connectivity index (χ4v) is 4.15. The molecule has 0 aromatic heterocycles. The normalized spacial score (nSPS) is 24.2. The van der Waals surface area contributed by atoms with Gasteiger partial charge >= 0.3 is 0 Å². The van der Waals surface area contributed by atoms with Crippen molar-refractivity contribution in [2.45, 2.75) is 31.7 Å². The first-order valence-electron chi connectivity index (χ1n) is 8.71. The number of nitrogens with one attached hydrogen (secondary N) is 1. The Morgan fingerprint density at radius 1 is 1.17 bits per heavy atom. The van der Waals surface area contributed by atoms with E-state index in [9.17, 15) is 0 Å². The van der Waals surface area contributed by atoms with Gasteiger partial charge in [0.2, 0.25) is 0 Å². The summed E-state index contributed by atoms with van der Waals surface area (Å²) >= 11 is 3.53. The van der Waals surface area contributed by atoms with Gasteiger partial charge in [-0.3, -0.25) is 0 Å². The molecule has 0 saturated carbocycles. The third-order valence-corrected chi connectivity index (χ3v) is 5.56. The molecular formula is C21H22BrNO. The van der Waals surface area contributed by atoms with Crippen LogP contribution in [0.5, 0.6) is 5.75 Å². The van der Waals surface area contributed by atoms with Gasteiger partial charge in [0, 0.05) is 16.1 Å². The fraction of sp³-hybridized carbons (Fsp3) is 0.333. The Bertz CT molecular complexity index is 753. The number of allylic oxidation sites excluding steroid dienone is 2. The molecule has 3 unspecified atom stereocenters. The third-order valence-electron chi connectivity index (χ3n) is 5.04. The minimum absolute atomic E-state index is 0.355. The van der Waals surface area contributed by atoms with Gasteiger partial charge < -0.3 is 10.1 Å². The predicted molar refractivity (Wildman–Crippen MR) is 103 cm³/mol. The zero-order chi connectivity index (χ0) is 16.5. The Morgan fingerprint density at radius 3 is 2.79 bits per heavy atom. The quantitative estimate of drug-likeness (QED) is 0.647. The number of rotatable bonds is 4. The zero-order valence-corrected chi connectivity index (χ0v) is 15.4. The summed E-state index contributed by atoms with van der Waals surface area (Å²) in [5, 5.41) is 3.78. The van der Waals surface area contributed by atoms with Crippen LogP contribution in [0.2, 0.25) is 0 Å². The summed E-state index contributed by atoms with van der Waals surface area (Å²) in [5.74, 6) is 2.03. The third kappa shape index (κ3) is 2.86. The van der Waals surface area contributed by atoms with Crippen LogP contribution in [0.15, 0.2) is 59.1 Å². The van der Waals surface area contributed by atoms with Crippen LogP contribution in [0.1, 0.15) is 42.9 Å². The first-order valence-corrected chi connectivity index (χ1v) is 9.51. The average molecular weight is 384 g/mol. The summed E-state index contributed by atoms with van der Waals surface area (Å²) in [6.07, 6.45) is 6.86. The molecule has 1 heterocycles. The highest BCUT2D eigenvalue weighted by molar-refractivity contribution is 9.10. The molecule has 0 bridgehead atoms. The molecule has 3 atom stereocenters. The first kappa shape index (κ1) is 15.8. The Kier molecular flexibility index (Phi) is 4.36. The van der Waals surface area contributed by atoms with Crippen molar-refractivity contribution in [1.82, 2.24) is 0 Å². The number of hydrogen-bond acceptors (Lipinski definition) is 2. The second-order valence-corrected chi connectivity index (χ2v) is 7.54. The minimum Gasteiger partial charge on any atom is -0.494 e. The van der Waals surface area contributed by atoms with Crippen molar-refractivity contribution in [3.63, 3.8) is 0 Å². The van der Waals surface area contributed by atoms with E-state index in [0.717, 1.165) is 29.7 Å². The largest absolute Gasteiger partial charge is 0.494 e. The van der Waals surface area contributed by atoms with Gasteiger partial charge in [0.1, 0.15) is 5.75 Å². The second-order valence-electron chi connectivity index (χ2n) is 6.62. The highest BCUT2D eigenvalue weighted by Gasteiger charge is 2.37. The molecule has 0 spiro atoms. The van der Waals surface area contributed by atoms with Gasteiger partial charge in [0.25, 0.3) is 0 Å². The smallest absolute Gasteiger partial charge is 0.119 e. The van der Waals surface area contributed by atoms with Crippen LogP contribution in [0.3, 0.4) is 0 Å². The van der Waals surface area contributed by atoms with Crippen molar-refractivity contribution >= 4 is 21.6 Å². The Labute approximate surface area is 152 Å². The van der Waals surface area contributed by atoms with Crippen molar-refractivity contribution in [2.75, 3.05) is 11.9 Å². The molecular weight excluding hydrogens is 362 g/mol. The molecule has 0 fully saturated rings. The summed E-state index contributed by atoms with van der Waals surface area (Å²) in [4.78, 5) is 0. The van der Waals surface area contributed by atoms with E-state index in [1.54, 1.807) is 0 Å². The van der Waals surface area contributed by atoms with Gasteiger partial charge in [0.15, 0.2) is 0 Å². The van der Waals surface area contributed by atoms with Crippen LogP contribution < -0.4 is 10.1 Å². The van der Waals surface area contributed by atoms with Crippen molar-refractivity contribution in [3.05, 3.63) is 70.2 Å². The molecule has 0 radical (unpaired) electrons. The Balaban J connectivity index is 1.68. The molecule has 0 amide bonds. The molecule has 2 aromatic carbocycles. The van der Waals surface area contributed by atoms with Gasteiger partial charge in [-0.2, -0.15) is 0 Å². The van der Waals surface area contributed by atoms with Crippen molar-refractivity contribution in [2.24, 2.45) is 5.92 Å². The van der Waals surface area contributed by atoms with Gasteiger partial charge in [-0.25, -0.2) is 0 Å². The summed E-state index contributed by atoms with van der Waals surface area (Å²) in [5.41, 5.74) is 3.96. The van der Waals surface area contributed by atoms with Crippen LogP contribution in [-0.2, 0) is 0 Å². The predicted octanol–water partition coefficient (Wildman–Crippen LogP) is 6.06. The number of ether oxygens (including phenoxy) is 1. The molecule has 3 heteroatoms. The summed E-state index contributed by atoms with van der Waals surface area (Å²) in [7, 11) is 0. The molecule has 1 aliphatic carbocycles. The highest BCUT2D eigenvalue weighted by atomic mass is 79.9. The fourth-order valence-electron chi connectivity index (χ4n) is 3.88. The second kappa shape index (κ2) is 6.64. The average Bonchev–Trinajstić information content (AvgIpc) is 3.10. The maximum absolute atomic E-state index is 5.84. The van der Waals surface area contributed by atoms with E-state index < -0.39 is 0 Å². The van der Waals surface area contributed by atoms with E-state index in [4.69, 9.17) is 4.74 Å². The summed E-state index contributed by atoms with van der Waals surface area (Å²) in [6.45, 7) is 2.91. The van der Waals surface area contributed by atoms with Crippen LogP contribution in [0.25, 0.3) is 0 Å². The minimum atomic E-state index is 0.355. The monoisotopic (exact) mass is 383 g/mol. The summed E-state index contributed by atoms with van der Waals surface area (Å²) in [6, 6.07) is 15.5. The van der Waals surface area contributed by atoms with Gasteiger partial charge in [-0.1, -0.05) is 47.1 Å². The lowest BCUT2D eigenvalue weighted by molar-refractivity contribution is 0.316. The molecule has 2 nitrogen and oxygen atoms in total. The van der Waals surface area contributed by atoms with Crippen LogP contribution >= 0.6 is 15.9 Å². The molecule has 124 valence electrons. The molecule has 2 aromatic rings. The molecule has 1 aliphatic heterocycles. The standard InChI is InChI=1S/C21H22BrNO/c1-2-12-24-16-10-11-20-19(13-16)17-4-3-5-18(17)21(23-20)14-6-8-15(22)9-7-14/h3-4,6-11,13,17-18,21,23H,2,5,12H2,1H3. The number of halogens is 1. The lowest BCUT2D eigenvalue weighted by atomic mass is 9.77. The molecule has 1 N–H and O–H groups in total. The summed E-state index contributed by atoms with van der Waals surface area (Å²) < 4.78 is 6.96. The Hall–Kier alpha value is -1.74. The lowest BCUT2D eigenvalue weighted by Crippen LogP contribution is -2.29. The van der Waals surface area contributed by atoms with Gasteiger partial charge in [-0.05, 0) is 60.2 Å². The van der Waals surface area contributed by atoms with Crippen molar-refractivity contribution in [3.8, 4) is 5.75 Å². The number of fused-ring (bicyclic) bond motifs is 3. The topological polar surface area (TPSA) is 21.3 Å². The van der Waals surface area contributed by atoms with E-state index in [2.05, 4.69) is 82.8 Å². The van der Waals surface area contributed by atoms with Gasteiger partial charge in [-0.15, -0.1) is 0 Å². The van der Waals surface area contributed by atoms with E-state index in [0.29, 0.717) is 17.9 Å². The van der Waals surface area contributed by atoms with Crippen LogP contribution in [0.4, 0.5) is 5.69 Å². The maximum atomic E-state index is 5.84. The molecule has 2 aliphatic rings. The van der Waals surface area contributed by atoms with E-state index in [-0.39, 0.29) is 0 Å². The maximum Gasteiger partial charge on any atom is 0.119 e. The van der Waals surface area contributed by atoms with Gasteiger partial charge in [0.05, 0.1) is 12.6 Å².